The summed E-state index contributed by atoms with van der Waals surface area (Å²) in [5.41, 5.74) is 2.38. The number of oxime groups is 1. The Hall–Kier alpha value is -1.85. The third-order valence-corrected chi connectivity index (χ3v) is 3.81. The molecular weight excluding hydrogens is 356 g/mol. The molecule has 0 radical (unpaired) electrons. The van der Waals surface area contributed by atoms with Gasteiger partial charge in [0.25, 0.3) is 5.91 Å². The smallest absolute Gasteiger partial charge is 0.256 e. The molecule has 1 amide bonds. The van der Waals surface area contributed by atoms with Crippen molar-refractivity contribution < 1.29 is 10.0 Å². The number of carbonyl (C=O) groups excluding carboxylic acids is 1. The first-order valence-electron chi connectivity index (χ1n) is 6.07. The van der Waals surface area contributed by atoms with Gasteiger partial charge in [0.15, 0.2) is 0 Å². The highest BCUT2D eigenvalue weighted by Crippen LogP contribution is 2.22. The van der Waals surface area contributed by atoms with Crippen molar-refractivity contribution in [2.45, 2.75) is 6.92 Å². The second-order valence-electron chi connectivity index (χ2n) is 4.34. The zero-order chi connectivity index (χ0) is 15.4. The van der Waals surface area contributed by atoms with Gasteiger partial charge < -0.3 is 10.5 Å². The number of benzene rings is 2. The van der Waals surface area contributed by atoms with E-state index in [1.165, 1.54) is 0 Å². The van der Waals surface area contributed by atoms with Crippen molar-refractivity contribution in [1.29, 1.82) is 0 Å². The van der Waals surface area contributed by atoms with Crippen molar-refractivity contribution in [3.05, 3.63) is 63.1 Å². The van der Waals surface area contributed by atoms with Crippen LogP contribution in [0.1, 0.15) is 22.8 Å². The first-order chi connectivity index (χ1) is 10.0. The fourth-order valence-electron chi connectivity index (χ4n) is 1.72. The maximum absolute atomic E-state index is 12.2. The lowest BCUT2D eigenvalue weighted by atomic mass is 10.1. The van der Waals surface area contributed by atoms with Crippen LogP contribution in [0.25, 0.3) is 0 Å². The van der Waals surface area contributed by atoms with Gasteiger partial charge in [-0.3, -0.25) is 4.79 Å². The Morgan fingerprint density at radius 2 is 1.90 bits per heavy atom. The van der Waals surface area contributed by atoms with Crippen molar-refractivity contribution in [2.24, 2.45) is 5.16 Å². The maximum atomic E-state index is 12.2. The number of hydrogen-bond donors (Lipinski definition) is 2. The Labute approximate surface area is 135 Å². The van der Waals surface area contributed by atoms with Crippen LogP contribution in [0, 0.1) is 0 Å². The van der Waals surface area contributed by atoms with Crippen molar-refractivity contribution >= 4 is 44.8 Å². The molecule has 0 saturated carbocycles. The molecule has 0 heterocycles. The number of anilines is 1. The lowest BCUT2D eigenvalue weighted by Crippen LogP contribution is -2.12. The van der Waals surface area contributed by atoms with E-state index in [0.717, 1.165) is 5.56 Å². The Balaban J connectivity index is 2.18. The lowest BCUT2D eigenvalue weighted by molar-refractivity contribution is 0.102. The molecule has 2 N–H and O–H groups in total. The van der Waals surface area contributed by atoms with E-state index in [-0.39, 0.29) is 5.91 Å². The van der Waals surface area contributed by atoms with E-state index < -0.39 is 0 Å². The van der Waals surface area contributed by atoms with E-state index in [1.54, 1.807) is 49.4 Å². The summed E-state index contributed by atoms with van der Waals surface area (Å²) in [6.07, 6.45) is 0. The predicted molar refractivity (Wildman–Crippen MR) is 87.5 cm³/mol. The Bertz CT molecular complexity index is 699. The average molecular weight is 368 g/mol. The molecule has 2 rings (SSSR count). The molecule has 21 heavy (non-hydrogen) atoms. The molecule has 0 aromatic heterocycles. The van der Waals surface area contributed by atoms with Crippen molar-refractivity contribution in [3.63, 3.8) is 0 Å². The minimum atomic E-state index is -0.260. The van der Waals surface area contributed by atoms with Gasteiger partial charge in [-0.25, -0.2) is 0 Å². The summed E-state index contributed by atoms with van der Waals surface area (Å²) in [7, 11) is 0. The fraction of sp³-hybridized carbons (Fsp3) is 0.0667. The van der Waals surface area contributed by atoms with Crippen LogP contribution in [0.15, 0.2) is 52.1 Å². The molecule has 108 valence electrons. The van der Waals surface area contributed by atoms with E-state index >= 15 is 0 Å². The van der Waals surface area contributed by atoms with Gasteiger partial charge in [-0.05, 0) is 58.7 Å². The van der Waals surface area contributed by atoms with Crippen molar-refractivity contribution in [2.75, 3.05) is 5.32 Å². The van der Waals surface area contributed by atoms with Gasteiger partial charge in [-0.2, -0.15) is 0 Å². The summed E-state index contributed by atoms with van der Waals surface area (Å²) in [5.74, 6) is -0.260. The van der Waals surface area contributed by atoms with Gasteiger partial charge in [0.2, 0.25) is 0 Å². The van der Waals surface area contributed by atoms with Gasteiger partial charge >= 0.3 is 0 Å². The number of rotatable bonds is 3. The van der Waals surface area contributed by atoms with Crippen molar-refractivity contribution in [3.8, 4) is 0 Å². The molecule has 0 saturated heterocycles. The Kier molecular flexibility index (Phi) is 4.98. The van der Waals surface area contributed by atoms with E-state index in [0.29, 0.717) is 26.5 Å². The summed E-state index contributed by atoms with van der Waals surface area (Å²) in [5, 5.41) is 15.1. The number of amides is 1. The van der Waals surface area contributed by atoms with Gasteiger partial charge in [0.1, 0.15) is 0 Å². The number of hydrogen-bond acceptors (Lipinski definition) is 3. The number of nitrogens with zero attached hydrogens (tertiary/aromatic N) is 1. The Morgan fingerprint density at radius 3 is 2.52 bits per heavy atom. The molecule has 0 fully saturated rings. The monoisotopic (exact) mass is 366 g/mol. The lowest BCUT2D eigenvalue weighted by Gasteiger charge is -2.08. The minimum Gasteiger partial charge on any atom is -0.411 e. The topological polar surface area (TPSA) is 61.7 Å². The van der Waals surface area contributed by atoms with Crippen LogP contribution in [0.3, 0.4) is 0 Å². The maximum Gasteiger partial charge on any atom is 0.256 e. The van der Waals surface area contributed by atoms with E-state index in [9.17, 15) is 4.79 Å². The number of carbonyl (C=O) groups is 1. The molecule has 0 bridgehead atoms. The largest absolute Gasteiger partial charge is 0.411 e. The van der Waals surface area contributed by atoms with Crippen LogP contribution in [-0.2, 0) is 0 Å². The number of halogens is 2. The van der Waals surface area contributed by atoms with Crippen LogP contribution in [0.5, 0.6) is 0 Å². The van der Waals surface area contributed by atoms with Crippen LogP contribution >= 0.6 is 27.5 Å². The highest BCUT2D eigenvalue weighted by Gasteiger charge is 2.11. The molecule has 0 aliphatic heterocycles. The van der Waals surface area contributed by atoms with Crippen LogP contribution in [0.4, 0.5) is 5.69 Å². The summed E-state index contributed by atoms with van der Waals surface area (Å²) >= 11 is 9.22. The number of nitrogens with one attached hydrogen (secondary N) is 1. The highest BCUT2D eigenvalue weighted by molar-refractivity contribution is 9.10. The van der Waals surface area contributed by atoms with Crippen LogP contribution in [0.2, 0.25) is 5.02 Å². The molecule has 2 aromatic rings. The zero-order valence-corrected chi connectivity index (χ0v) is 13.4. The molecular formula is C15H12BrClN2O2. The molecule has 6 heteroatoms. The highest BCUT2D eigenvalue weighted by atomic mass is 79.9. The molecule has 0 aliphatic rings. The quantitative estimate of drug-likeness (QED) is 0.475. The predicted octanol–water partition coefficient (Wildman–Crippen LogP) is 4.55. The molecule has 4 nitrogen and oxygen atoms in total. The molecule has 0 spiro atoms. The third-order valence-electron chi connectivity index (χ3n) is 2.88. The van der Waals surface area contributed by atoms with E-state index in [2.05, 4.69) is 26.4 Å². The summed E-state index contributed by atoms with van der Waals surface area (Å²) < 4.78 is 0.671. The van der Waals surface area contributed by atoms with E-state index in [4.69, 9.17) is 16.8 Å². The molecule has 0 unspecified atom stereocenters. The van der Waals surface area contributed by atoms with Gasteiger partial charge in [0.05, 0.1) is 11.3 Å². The van der Waals surface area contributed by atoms with E-state index in [1.807, 2.05) is 0 Å². The Morgan fingerprint density at radius 1 is 1.24 bits per heavy atom. The van der Waals surface area contributed by atoms with Gasteiger partial charge in [-0.1, -0.05) is 28.9 Å². The summed E-state index contributed by atoms with van der Waals surface area (Å²) in [6, 6.07) is 12.0. The van der Waals surface area contributed by atoms with Gasteiger partial charge in [0, 0.05) is 15.2 Å². The second-order valence-corrected chi connectivity index (χ2v) is 5.63. The SMILES string of the molecule is C/C(=N/O)c1ccc(NC(=O)c2cc(Cl)ccc2Br)cc1. The second kappa shape index (κ2) is 6.74. The fourth-order valence-corrected chi connectivity index (χ4v) is 2.32. The van der Waals surface area contributed by atoms with Crippen LogP contribution in [-0.4, -0.2) is 16.8 Å². The minimum absolute atomic E-state index is 0.260. The standard InChI is InChI=1S/C15H12BrClN2O2/c1-9(19-21)10-2-5-12(6-3-10)18-15(20)13-8-11(17)4-7-14(13)16/h2-8,21H,1H3,(H,18,20)/b19-9-. The first kappa shape index (κ1) is 15.5. The van der Waals surface area contributed by atoms with Gasteiger partial charge in [-0.15, -0.1) is 0 Å². The average Bonchev–Trinajstić information content (AvgIpc) is 2.49. The molecule has 0 aliphatic carbocycles. The molecule has 0 atom stereocenters. The normalized spacial score (nSPS) is 11.3. The first-order valence-corrected chi connectivity index (χ1v) is 7.24. The molecule has 2 aromatic carbocycles. The summed E-state index contributed by atoms with van der Waals surface area (Å²) in [4.78, 5) is 12.2. The zero-order valence-electron chi connectivity index (χ0n) is 11.1. The van der Waals surface area contributed by atoms with Crippen LogP contribution < -0.4 is 5.32 Å². The summed E-state index contributed by atoms with van der Waals surface area (Å²) in [6.45, 7) is 1.69. The van der Waals surface area contributed by atoms with Crippen molar-refractivity contribution in [1.82, 2.24) is 0 Å². The third kappa shape index (κ3) is 3.83.